The van der Waals surface area contributed by atoms with Crippen molar-refractivity contribution in [2.24, 2.45) is 0 Å². The zero-order valence-electron chi connectivity index (χ0n) is 12.1. The van der Waals surface area contributed by atoms with Crippen LogP contribution in [0.1, 0.15) is 57.8 Å². The monoisotopic (exact) mass is 283 g/mol. The molecule has 1 saturated carbocycles. The molecular weight excluding hydrogens is 258 g/mol. The zero-order chi connectivity index (χ0) is 14.4. The molecule has 0 bridgehead atoms. The predicted octanol–water partition coefficient (Wildman–Crippen LogP) is 2.19. The van der Waals surface area contributed by atoms with Crippen molar-refractivity contribution in [3.05, 3.63) is 0 Å². The average molecular weight is 283 g/mol. The summed E-state index contributed by atoms with van der Waals surface area (Å²) in [4.78, 5) is 24.9. The number of amides is 1. The van der Waals surface area contributed by atoms with Crippen LogP contribution in [0.4, 0.5) is 0 Å². The van der Waals surface area contributed by atoms with Gasteiger partial charge in [-0.05, 0) is 38.5 Å². The molecule has 1 aliphatic heterocycles. The molecule has 1 amide bonds. The van der Waals surface area contributed by atoms with Crippen molar-refractivity contribution in [1.82, 2.24) is 4.90 Å². The van der Waals surface area contributed by atoms with Gasteiger partial charge in [-0.15, -0.1) is 0 Å². The van der Waals surface area contributed by atoms with E-state index in [2.05, 4.69) is 0 Å². The minimum Gasteiger partial charge on any atom is -0.480 e. The van der Waals surface area contributed by atoms with Gasteiger partial charge in [0.2, 0.25) is 5.91 Å². The third-order valence-corrected chi connectivity index (χ3v) is 4.35. The third-order valence-electron chi connectivity index (χ3n) is 4.35. The molecule has 1 atom stereocenters. The van der Waals surface area contributed by atoms with E-state index in [4.69, 9.17) is 9.84 Å². The number of hydrogen-bond acceptors (Lipinski definition) is 3. The number of rotatable bonds is 6. The third kappa shape index (κ3) is 4.47. The lowest BCUT2D eigenvalue weighted by Gasteiger charge is -2.29. The van der Waals surface area contributed by atoms with Gasteiger partial charge in [-0.1, -0.05) is 12.8 Å². The SMILES string of the molecule is O=C(O)CN(C(=O)CCC1CCCCO1)C1CCCC1. The molecule has 0 aromatic carbocycles. The molecule has 5 heteroatoms. The minimum absolute atomic E-state index is 0.0199. The highest BCUT2D eigenvalue weighted by Crippen LogP contribution is 2.25. The molecule has 5 nitrogen and oxygen atoms in total. The van der Waals surface area contributed by atoms with E-state index in [1.54, 1.807) is 4.90 Å². The fourth-order valence-corrected chi connectivity index (χ4v) is 3.25. The Morgan fingerprint density at radius 1 is 1.10 bits per heavy atom. The van der Waals surface area contributed by atoms with E-state index in [0.29, 0.717) is 6.42 Å². The van der Waals surface area contributed by atoms with Crippen molar-refractivity contribution in [3.63, 3.8) is 0 Å². The van der Waals surface area contributed by atoms with Crippen LogP contribution in [0.5, 0.6) is 0 Å². The molecular formula is C15H25NO4. The number of carboxylic acids is 1. The first-order chi connectivity index (χ1) is 9.66. The molecule has 1 heterocycles. The highest BCUT2D eigenvalue weighted by molar-refractivity contribution is 5.81. The molecule has 2 fully saturated rings. The maximum atomic E-state index is 12.3. The smallest absolute Gasteiger partial charge is 0.323 e. The number of carboxylic acid groups (broad SMARTS) is 1. The van der Waals surface area contributed by atoms with Crippen LogP contribution in [0.2, 0.25) is 0 Å². The first-order valence-electron chi connectivity index (χ1n) is 7.79. The lowest BCUT2D eigenvalue weighted by Crippen LogP contribution is -2.42. The summed E-state index contributed by atoms with van der Waals surface area (Å²) in [7, 11) is 0. The molecule has 0 spiro atoms. The van der Waals surface area contributed by atoms with Gasteiger partial charge in [-0.3, -0.25) is 9.59 Å². The van der Waals surface area contributed by atoms with E-state index in [1.165, 1.54) is 6.42 Å². The van der Waals surface area contributed by atoms with E-state index in [1.807, 2.05) is 0 Å². The molecule has 1 saturated heterocycles. The molecule has 2 rings (SSSR count). The Balaban J connectivity index is 1.83. The second kappa shape index (κ2) is 7.62. The molecule has 0 radical (unpaired) electrons. The molecule has 2 aliphatic rings. The van der Waals surface area contributed by atoms with Crippen LogP contribution in [-0.4, -0.2) is 47.2 Å². The highest BCUT2D eigenvalue weighted by atomic mass is 16.5. The number of carbonyl (C=O) groups is 2. The molecule has 1 aliphatic carbocycles. The van der Waals surface area contributed by atoms with E-state index in [0.717, 1.165) is 51.6 Å². The van der Waals surface area contributed by atoms with Crippen LogP contribution >= 0.6 is 0 Å². The predicted molar refractivity (Wildman–Crippen MR) is 74.4 cm³/mol. The Bertz CT molecular complexity index is 333. The quantitative estimate of drug-likeness (QED) is 0.811. The maximum absolute atomic E-state index is 12.3. The Hall–Kier alpha value is -1.10. The first-order valence-corrected chi connectivity index (χ1v) is 7.79. The van der Waals surface area contributed by atoms with Crippen molar-refractivity contribution in [2.45, 2.75) is 69.9 Å². The van der Waals surface area contributed by atoms with Crippen molar-refractivity contribution >= 4 is 11.9 Å². The summed E-state index contributed by atoms with van der Waals surface area (Å²) >= 11 is 0. The summed E-state index contributed by atoms with van der Waals surface area (Å²) in [5.74, 6) is -0.937. The molecule has 1 N–H and O–H groups in total. The van der Waals surface area contributed by atoms with Gasteiger partial charge in [0.1, 0.15) is 6.54 Å². The van der Waals surface area contributed by atoms with E-state index in [9.17, 15) is 9.59 Å². The van der Waals surface area contributed by atoms with Gasteiger partial charge in [0, 0.05) is 19.1 Å². The summed E-state index contributed by atoms with van der Waals surface area (Å²) in [5, 5.41) is 8.99. The van der Waals surface area contributed by atoms with Crippen LogP contribution in [-0.2, 0) is 14.3 Å². The summed E-state index contributed by atoms with van der Waals surface area (Å²) in [6, 6.07) is 0.130. The summed E-state index contributed by atoms with van der Waals surface area (Å²) < 4.78 is 5.63. The van der Waals surface area contributed by atoms with E-state index < -0.39 is 5.97 Å². The summed E-state index contributed by atoms with van der Waals surface area (Å²) in [6.45, 7) is 0.634. The normalized spacial score (nSPS) is 23.7. The van der Waals surface area contributed by atoms with Crippen molar-refractivity contribution in [2.75, 3.05) is 13.2 Å². The zero-order valence-corrected chi connectivity index (χ0v) is 12.1. The van der Waals surface area contributed by atoms with Crippen molar-refractivity contribution < 1.29 is 19.4 Å². The van der Waals surface area contributed by atoms with Gasteiger partial charge in [0.15, 0.2) is 0 Å². The maximum Gasteiger partial charge on any atom is 0.323 e. The number of nitrogens with zero attached hydrogens (tertiary/aromatic N) is 1. The number of aliphatic carboxylic acids is 1. The van der Waals surface area contributed by atoms with Gasteiger partial charge in [-0.25, -0.2) is 0 Å². The lowest BCUT2D eigenvalue weighted by atomic mass is 10.0. The molecule has 0 aromatic heterocycles. The van der Waals surface area contributed by atoms with E-state index >= 15 is 0 Å². The number of hydrogen-bond donors (Lipinski definition) is 1. The highest BCUT2D eigenvalue weighted by Gasteiger charge is 2.28. The van der Waals surface area contributed by atoms with Crippen molar-refractivity contribution in [3.8, 4) is 0 Å². The minimum atomic E-state index is -0.917. The summed E-state index contributed by atoms with van der Waals surface area (Å²) in [5.41, 5.74) is 0. The number of ether oxygens (including phenoxy) is 1. The Morgan fingerprint density at radius 3 is 2.40 bits per heavy atom. The Labute approximate surface area is 120 Å². The van der Waals surface area contributed by atoms with Crippen LogP contribution in [0.15, 0.2) is 0 Å². The van der Waals surface area contributed by atoms with Crippen LogP contribution in [0.25, 0.3) is 0 Å². The topological polar surface area (TPSA) is 66.8 Å². The first kappa shape index (κ1) is 15.3. The fourth-order valence-electron chi connectivity index (χ4n) is 3.25. The van der Waals surface area contributed by atoms with E-state index in [-0.39, 0.29) is 24.6 Å². The molecule has 0 aromatic rings. The summed E-state index contributed by atoms with van der Waals surface area (Å²) in [6.07, 6.45) is 8.70. The fraction of sp³-hybridized carbons (Fsp3) is 0.867. The number of carbonyl (C=O) groups excluding carboxylic acids is 1. The Morgan fingerprint density at radius 2 is 1.80 bits per heavy atom. The molecule has 114 valence electrons. The second-order valence-corrected chi connectivity index (χ2v) is 5.88. The van der Waals surface area contributed by atoms with Crippen LogP contribution < -0.4 is 0 Å². The van der Waals surface area contributed by atoms with Gasteiger partial charge in [0.25, 0.3) is 0 Å². The van der Waals surface area contributed by atoms with Crippen LogP contribution in [0, 0.1) is 0 Å². The van der Waals surface area contributed by atoms with Gasteiger partial charge in [0.05, 0.1) is 6.10 Å². The van der Waals surface area contributed by atoms with Gasteiger partial charge in [-0.2, -0.15) is 0 Å². The lowest BCUT2D eigenvalue weighted by molar-refractivity contribution is -0.146. The molecule has 20 heavy (non-hydrogen) atoms. The van der Waals surface area contributed by atoms with Gasteiger partial charge >= 0.3 is 5.97 Å². The van der Waals surface area contributed by atoms with Crippen molar-refractivity contribution in [1.29, 1.82) is 0 Å². The average Bonchev–Trinajstić information content (AvgIpc) is 2.97. The largest absolute Gasteiger partial charge is 0.480 e. The molecule has 1 unspecified atom stereocenters. The van der Waals surface area contributed by atoms with Crippen LogP contribution in [0.3, 0.4) is 0 Å². The second-order valence-electron chi connectivity index (χ2n) is 5.88. The standard InChI is InChI=1S/C15H25NO4/c17-14(9-8-13-7-3-4-10-20-13)16(11-15(18)19)12-5-1-2-6-12/h12-13H,1-11H2,(H,18,19). The Kier molecular flexibility index (Phi) is 5.83. The van der Waals surface area contributed by atoms with Gasteiger partial charge < -0.3 is 14.7 Å².